The highest BCUT2D eigenvalue weighted by atomic mass is 32.2. The summed E-state index contributed by atoms with van der Waals surface area (Å²) >= 11 is 3.86. The number of likely N-dealkylation sites (N-methyl/N-ethyl adjacent to an activating group) is 1. The first-order valence-corrected chi connectivity index (χ1v) is 9.81. The maximum absolute atomic E-state index is 12.4. The van der Waals surface area contributed by atoms with Gasteiger partial charge in [-0.1, -0.05) is 19.1 Å². The standard InChI is InChI=1S/C16H22F2N2OS2/c1-2-20(11-14(17)18)8-7-19-15(21)12-3-5-13(6-4-12)16-22-9-10-23-16/h3-6,14,16H,2,7-11H2,1H3,(H,19,21). The van der Waals surface area contributed by atoms with E-state index in [9.17, 15) is 13.6 Å². The van der Waals surface area contributed by atoms with Gasteiger partial charge in [0.25, 0.3) is 12.3 Å². The fraction of sp³-hybridized carbons (Fsp3) is 0.562. The summed E-state index contributed by atoms with van der Waals surface area (Å²) in [5.74, 6) is 2.19. The van der Waals surface area contributed by atoms with E-state index in [0.717, 1.165) is 0 Å². The maximum Gasteiger partial charge on any atom is 0.251 e. The first kappa shape index (κ1) is 18.5. The summed E-state index contributed by atoms with van der Waals surface area (Å²) in [6.45, 7) is 2.93. The molecule has 1 N–H and O–H groups in total. The molecule has 0 unspecified atom stereocenters. The van der Waals surface area contributed by atoms with Crippen LogP contribution >= 0.6 is 23.5 Å². The Morgan fingerprint density at radius 3 is 2.52 bits per heavy atom. The lowest BCUT2D eigenvalue weighted by Crippen LogP contribution is -2.37. The van der Waals surface area contributed by atoms with Crippen molar-refractivity contribution in [1.82, 2.24) is 10.2 Å². The molecule has 1 aromatic rings. The second-order valence-corrected chi connectivity index (χ2v) is 7.96. The molecule has 1 heterocycles. The van der Waals surface area contributed by atoms with Gasteiger partial charge in [0.2, 0.25) is 0 Å². The third-order valence-electron chi connectivity index (χ3n) is 3.62. The first-order chi connectivity index (χ1) is 11.1. The summed E-state index contributed by atoms with van der Waals surface area (Å²) < 4.78 is 25.2. The molecule has 0 spiro atoms. The fourth-order valence-corrected chi connectivity index (χ4v) is 5.21. The second-order valence-electron chi connectivity index (χ2n) is 5.24. The normalized spacial score (nSPS) is 15.5. The quantitative estimate of drug-likeness (QED) is 0.769. The predicted molar refractivity (Wildman–Crippen MR) is 94.6 cm³/mol. The zero-order valence-electron chi connectivity index (χ0n) is 13.1. The minimum absolute atomic E-state index is 0.156. The average Bonchev–Trinajstić information content (AvgIpc) is 3.08. The summed E-state index contributed by atoms with van der Waals surface area (Å²) in [6.07, 6.45) is -2.34. The van der Waals surface area contributed by atoms with Crippen LogP contribution in [0.2, 0.25) is 0 Å². The third-order valence-corrected chi connectivity index (χ3v) is 6.73. The molecule has 0 saturated carbocycles. The van der Waals surface area contributed by atoms with Crippen molar-refractivity contribution in [2.45, 2.75) is 17.9 Å². The van der Waals surface area contributed by atoms with Crippen LogP contribution in [0.5, 0.6) is 0 Å². The molecule has 3 nitrogen and oxygen atoms in total. The summed E-state index contributed by atoms with van der Waals surface area (Å²) in [5, 5.41) is 2.79. The van der Waals surface area contributed by atoms with Crippen LogP contribution in [-0.2, 0) is 0 Å². The third kappa shape index (κ3) is 5.97. The van der Waals surface area contributed by atoms with Gasteiger partial charge in [0.05, 0.1) is 11.1 Å². The number of carbonyl (C=O) groups is 1. The van der Waals surface area contributed by atoms with Crippen molar-refractivity contribution in [3.05, 3.63) is 35.4 Å². The number of benzene rings is 1. The minimum atomic E-state index is -2.34. The number of thioether (sulfide) groups is 2. The molecule has 0 aliphatic carbocycles. The molecular formula is C16H22F2N2OS2. The molecule has 0 aromatic heterocycles. The van der Waals surface area contributed by atoms with Gasteiger partial charge in [0.1, 0.15) is 0 Å². The van der Waals surface area contributed by atoms with Gasteiger partial charge in [0.15, 0.2) is 0 Å². The predicted octanol–water partition coefficient (Wildman–Crippen LogP) is 3.48. The van der Waals surface area contributed by atoms with Crippen molar-refractivity contribution >= 4 is 29.4 Å². The van der Waals surface area contributed by atoms with E-state index < -0.39 is 6.43 Å². The summed E-state index contributed by atoms with van der Waals surface area (Å²) in [6, 6.07) is 7.67. The highest BCUT2D eigenvalue weighted by molar-refractivity contribution is 8.19. The van der Waals surface area contributed by atoms with Crippen molar-refractivity contribution in [2.75, 3.05) is 37.7 Å². The van der Waals surface area contributed by atoms with Crippen LogP contribution in [0.15, 0.2) is 24.3 Å². The van der Waals surface area contributed by atoms with Crippen LogP contribution < -0.4 is 5.32 Å². The number of hydrogen-bond donors (Lipinski definition) is 1. The van der Waals surface area contributed by atoms with Crippen LogP contribution in [-0.4, -0.2) is 54.9 Å². The van der Waals surface area contributed by atoms with Gasteiger partial charge in [-0.2, -0.15) is 0 Å². The molecule has 0 radical (unpaired) electrons. The molecule has 1 aliphatic rings. The summed E-state index contributed by atoms with van der Waals surface area (Å²) in [4.78, 5) is 13.7. The van der Waals surface area contributed by atoms with Crippen molar-refractivity contribution in [2.24, 2.45) is 0 Å². The lowest BCUT2D eigenvalue weighted by Gasteiger charge is -2.19. The van der Waals surface area contributed by atoms with Crippen LogP contribution in [0.4, 0.5) is 8.78 Å². The molecule has 1 amide bonds. The van der Waals surface area contributed by atoms with Gasteiger partial charge in [-0.15, -0.1) is 23.5 Å². The highest BCUT2D eigenvalue weighted by Gasteiger charge is 2.18. The number of nitrogens with zero attached hydrogens (tertiary/aromatic N) is 1. The smallest absolute Gasteiger partial charge is 0.251 e. The van der Waals surface area contributed by atoms with Gasteiger partial charge in [-0.25, -0.2) is 8.78 Å². The van der Waals surface area contributed by atoms with Gasteiger partial charge in [-0.05, 0) is 24.2 Å². The summed E-state index contributed by atoms with van der Waals surface area (Å²) in [7, 11) is 0. The fourth-order valence-electron chi connectivity index (χ4n) is 2.35. The van der Waals surface area contributed by atoms with Crippen molar-refractivity contribution < 1.29 is 13.6 Å². The number of amides is 1. The first-order valence-electron chi connectivity index (χ1n) is 7.72. The Balaban J connectivity index is 1.78. The molecule has 23 heavy (non-hydrogen) atoms. The second kappa shape index (κ2) is 9.49. The van der Waals surface area contributed by atoms with E-state index in [4.69, 9.17) is 0 Å². The SMILES string of the molecule is CCN(CCNC(=O)c1ccc(C2SCCS2)cc1)CC(F)F. The van der Waals surface area contributed by atoms with Crippen molar-refractivity contribution in [1.29, 1.82) is 0 Å². The lowest BCUT2D eigenvalue weighted by molar-refractivity contribution is 0.0873. The van der Waals surface area contributed by atoms with Gasteiger partial charge < -0.3 is 5.32 Å². The monoisotopic (exact) mass is 360 g/mol. The van der Waals surface area contributed by atoms with Crippen LogP contribution in [0.3, 0.4) is 0 Å². The van der Waals surface area contributed by atoms with Crippen LogP contribution in [0, 0.1) is 0 Å². The highest BCUT2D eigenvalue weighted by Crippen LogP contribution is 2.45. The van der Waals surface area contributed by atoms with E-state index >= 15 is 0 Å². The van der Waals surface area contributed by atoms with Crippen molar-refractivity contribution in [3.8, 4) is 0 Å². The lowest BCUT2D eigenvalue weighted by atomic mass is 10.1. The van der Waals surface area contributed by atoms with Gasteiger partial charge in [0, 0.05) is 30.2 Å². The van der Waals surface area contributed by atoms with Crippen molar-refractivity contribution in [3.63, 3.8) is 0 Å². The molecule has 1 aliphatic heterocycles. The zero-order valence-corrected chi connectivity index (χ0v) is 14.8. The Hall–Kier alpha value is -0.790. The molecule has 1 saturated heterocycles. The Bertz CT molecular complexity index is 493. The largest absolute Gasteiger partial charge is 0.351 e. The van der Waals surface area contributed by atoms with E-state index in [1.165, 1.54) is 17.1 Å². The molecule has 2 rings (SSSR count). The molecule has 1 fully saturated rings. The number of hydrogen-bond acceptors (Lipinski definition) is 4. The van der Waals surface area contributed by atoms with Gasteiger partial charge in [-0.3, -0.25) is 9.69 Å². The van der Waals surface area contributed by atoms with Crippen LogP contribution in [0.25, 0.3) is 0 Å². The number of halogens is 2. The maximum atomic E-state index is 12.4. The van der Waals surface area contributed by atoms with E-state index in [2.05, 4.69) is 5.32 Å². The molecule has 1 aromatic carbocycles. The van der Waals surface area contributed by atoms with E-state index in [-0.39, 0.29) is 12.5 Å². The molecule has 128 valence electrons. The summed E-state index contributed by atoms with van der Waals surface area (Å²) in [5.41, 5.74) is 1.85. The van der Waals surface area contributed by atoms with Gasteiger partial charge >= 0.3 is 0 Å². The zero-order chi connectivity index (χ0) is 16.7. The Morgan fingerprint density at radius 2 is 1.96 bits per heavy atom. The minimum Gasteiger partial charge on any atom is -0.351 e. The molecule has 0 atom stereocenters. The van der Waals surface area contributed by atoms with E-state index in [1.54, 1.807) is 4.90 Å². The molecule has 0 bridgehead atoms. The number of rotatable bonds is 8. The Morgan fingerprint density at radius 1 is 1.30 bits per heavy atom. The van der Waals surface area contributed by atoms with Crippen LogP contribution in [0.1, 0.15) is 27.4 Å². The number of nitrogens with one attached hydrogen (secondary N) is 1. The number of carbonyl (C=O) groups excluding carboxylic acids is 1. The average molecular weight is 360 g/mol. The topological polar surface area (TPSA) is 32.3 Å². The number of alkyl halides is 2. The van der Waals surface area contributed by atoms with E-state index in [1.807, 2.05) is 54.7 Å². The Labute approximate surface area is 144 Å². The molecule has 7 heteroatoms. The Kier molecular flexibility index (Phi) is 7.65. The van der Waals surface area contributed by atoms with E-state index in [0.29, 0.717) is 29.8 Å². The molecular weight excluding hydrogens is 338 g/mol.